The van der Waals surface area contributed by atoms with Crippen LogP contribution in [0.25, 0.3) is 0 Å². The summed E-state index contributed by atoms with van der Waals surface area (Å²) in [6, 6.07) is 0. The first-order valence-corrected chi connectivity index (χ1v) is 2.61. The fourth-order valence-corrected chi connectivity index (χ4v) is 0.453. The molecule has 0 aliphatic carbocycles. The number of rotatable bonds is 1. The van der Waals surface area contributed by atoms with E-state index >= 15 is 0 Å². The van der Waals surface area contributed by atoms with Crippen LogP contribution in [0, 0.1) is 0 Å². The van der Waals surface area contributed by atoms with Crippen molar-refractivity contribution in [2.24, 2.45) is 0 Å². The predicted molar refractivity (Wildman–Crippen MR) is 29.4 cm³/mol. The van der Waals surface area contributed by atoms with Crippen LogP contribution in [-0.2, 0) is 20.4 Å². The maximum Gasteiger partial charge on any atom is 0 e. The molecule has 0 atom stereocenters. The first-order chi connectivity index (χ1) is 3.80. The summed E-state index contributed by atoms with van der Waals surface area (Å²) >= 11 is 0. The maximum atomic E-state index is 3.75. The van der Waals surface area contributed by atoms with E-state index in [0.29, 0.717) is 5.92 Å². The molecule has 0 fully saturated rings. The van der Waals surface area contributed by atoms with E-state index in [9.17, 15) is 0 Å². The second-order valence-corrected chi connectivity index (χ2v) is 2.01. The van der Waals surface area contributed by atoms with Crippen molar-refractivity contribution in [2.75, 3.05) is 0 Å². The van der Waals surface area contributed by atoms with Crippen LogP contribution in [-0.4, -0.2) is 10.3 Å². The van der Waals surface area contributed by atoms with Crippen LogP contribution in [0.15, 0.2) is 6.20 Å². The molecular formula is C5H8N3Re-. The SMILES string of the molecule is CC(C)c1c[n-]nn1.[Re]. The van der Waals surface area contributed by atoms with Gasteiger partial charge in [-0.1, -0.05) is 20.0 Å². The van der Waals surface area contributed by atoms with Gasteiger partial charge in [-0.2, -0.15) is 0 Å². The molecule has 0 amide bonds. The molecule has 1 aromatic rings. The van der Waals surface area contributed by atoms with E-state index in [2.05, 4.69) is 29.3 Å². The van der Waals surface area contributed by atoms with Crippen LogP contribution in [0.4, 0.5) is 0 Å². The first kappa shape index (κ1) is 8.80. The predicted octanol–water partition coefficient (Wildman–Crippen LogP) is 0.555. The average molecular weight is 296 g/mol. The molecule has 0 spiro atoms. The van der Waals surface area contributed by atoms with Crippen molar-refractivity contribution in [3.63, 3.8) is 0 Å². The molecule has 51 valence electrons. The number of nitrogens with zero attached hydrogens (tertiary/aromatic N) is 3. The minimum atomic E-state index is 0. The van der Waals surface area contributed by atoms with Crippen molar-refractivity contribution < 1.29 is 20.4 Å². The molecule has 0 N–H and O–H groups in total. The van der Waals surface area contributed by atoms with Crippen LogP contribution in [0.1, 0.15) is 25.5 Å². The van der Waals surface area contributed by atoms with Crippen molar-refractivity contribution in [2.45, 2.75) is 19.8 Å². The zero-order chi connectivity index (χ0) is 5.98. The zero-order valence-electron chi connectivity index (χ0n) is 5.37. The molecule has 0 saturated carbocycles. The summed E-state index contributed by atoms with van der Waals surface area (Å²) in [4.78, 5) is 0. The summed E-state index contributed by atoms with van der Waals surface area (Å²) in [5.74, 6) is 0.449. The van der Waals surface area contributed by atoms with Gasteiger partial charge >= 0.3 is 0 Å². The third-order valence-electron chi connectivity index (χ3n) is 0.993. The average Bonchev–Trinajstić information content (AvgIpc) is 2.12. The van der Waals surface area contributed by atoms with Gasteiger partial charge in [-0.3, -0.25) is 5.21 Å². The maximum absolute atomic E-state index is 3.75. The standard InChI is InChI=1S/C5H8N3.Re/c1-4(2)5-3-6-8-7-5;/h3-4H,1-2H3;/q-1;. The van der Waals surface area contributed by atoms with E-state index in [1.807, 2.05) is 0 Å². The third-order valence-corrected chi connectivity index (χ3v) is 0.993. The van der Waals surface area contributed by atoms with E-state index in [0.717, 1.165) is 5.69 Å². The van der Waals surface area contributed by atoms with Crippen LogP contribution >= 0.6 is 0 Å². The quantitative estimate of drug-likeness (QED) is 0.760. The molecular weight excluding hydrogens is 288 g/mol. The van der Waals surface area contributed by atoms with Crippen LogP contribution < -0.4 is 5.10 Å². The van der Waals surface area contributed by atoms with E-state index in [1.165, 1.54) is 0 Å². The van der Waals surface area contributed by atoms with Gasteiger partial charge in [0.05, 0.1) is 0 Å². The molecule has 4 heteroatoms. The molecule has 1 heterocycles. The Kier molecular flexibility index (Phi) is 3.67. The van der Waals surface area contributed by atoms with Crippen molar-refractivity contribution in [1.29, 1.82) is 0 Å². The largest absolute Gasteiger partial charge is 0.358 e. The van der Waals surface area contributed by atoms with Crippen molar-refractivity contribution in [3.8, 4) is 0 Å². The minimum Gasteiger partial charge on any atom is -0.358 e. The molecule has 0 aromatic carbocycles. The van der Waals surface area contributed by atoms with Gasteiger partial charge in [-0.15, -0.1) is 0 Å². The number of hydrogen-bond acceptors (Lipinski definition) is 2. The van der Waals surface area contributed by atoms with E-state index in [4.69, 9.17) is 0 Å². The summed E-state index contributed by atoms with van der Waals surface area (Å²) in [6.07, 6.45) is 1.69. The topological polar surface area (TPSA) is 39.9 Å². The fraction of sp³-hybridized carbons (Fsp3) is 0.600. The summed E-state index contributed by atoms with van der Waals surface area (Å²) in [7, 11) is 0. The third kappa shape index (κ3) is 2.25. The van der Waals surface area contributed by atoms with Gasteiger partial charge in [0.1, 0.15) is 0 Å². The molecule has 0 saturated heterocycles. The summed E-state index contributed by atoms with van der Waals surface area (Å²) in [5.41, 5.74) is 0.963. The number of hydrogen-bond donors (Lipinski definition) is 0. The van der Waals surface area contributed by atoms with Crippen LogP contribution in [0.3, 0.4) is 0 Å². The molecule has 0 bridgehead atoms. The van der Waals surface area contributed by atoms with Gasteiger partial charge in [-0.25, -0.2) is 0 Å². The van der Waals surface area contributed by atoms with Crippen LogP contribution in [0.5, 0.6) is 0 Å². The van der Waals surface area contributed by atoms with Crippen molar-refractivity contribution in [1.82, 2.24) is 15.4 Å². The Balaban J connectivity index is 0.000000640. The Morgan fingerprint density at radius 1 is 1.56 bits per heavy atom. The molecule has 1 rings (SSSR count). The van der Waals surface area contributed by atoms with Gasteiger partial charge in [0.15, 0.2) is 0 Å². The molecule has 0 unspecified atom stereocenters. The Morgan fingerprint density at radius 2 is 2.22 bits per heavy atom. The Hall–Kier alpha value is -0.198. The van der Waals surface area contributed by atoms with E-state index < -0.39 is 0 Å². The van der Waals surface area contributed by atoms with Crippen molar-refractivity contribution in [3.05, 3.63) is 11.9 Å². The smallest absolute Gasteiger partial charge is 0 e. The Labute approximate surface area is 67.9 Å². The van der Waals surface area contributed by atoms with Gasteiger partial charge in [0, 0.05) is 20.4 Å². The van der Waals surface area contributed by atoms with E-state index in [-0.39, 0.29) is 20.4 Å². The molecule has 3 nitrogen and oxygen atoms in total. The molecule has 0 aliphatic heterocycles. The molecule has 1 radical (unpaired) electrons. The summed E-state index contributed by atoms with van der Waals surface area (Å²) < 4.78 is 0. The molecule has 9 heavy (non-hydrogen) atoms. The number of aromatic nitrogens is 3. The van der Waals surface area contributed by atoms with Gasteiger partial charge in [-0.05, 0) is 11.6 Å². The van der Waals surface area contributed by atoms with Gasteiger partial charge < -0.3 is 10.2 Å². The Bertz CT molecular complexity index is 147. The monoisotopic (exact) mass is 297 g/mol. The first-order valence-electron chi connectivity index (χ1n) is 2.61. The fourth-order valence-electron chi connectivity index (χ4n) is 0.453. The van der Waals surface area contributed by atoms with Gasteiger partial charge in [0.25, 0.3) is 0 Å². The summed E-state index contributed by atoms with van der Waals surface area (Å²) in [5, 5.41) is 10.8. The summed E-state index contributed by atoms with van der Waals surface area (Å²) in [6.45, 7) is 4.12. The van der Waals surface area contributed by atoms with Gasteiger partial charge in [0.2, 0.25) is 0 Å². The molecule has 1 aromatic heterocycles. The molecule has 0 aliphatic rings. The second-order valence-electron chi connectivity index (χ2n) is 2.01. The van der Waals surface area contributed by atoms with E-state index in [1.54, 1.807) is 6.20 Å². The minimum absolute atomic E-state index is 0. The second kappa shape index (κ2) is 3.76. The Morgan fingerprint density at radius 3 is 2.44 bits per heavy atom. The zero-order valence-corrected chi connectivity index (χ0v) is 8.09. The van der Waals surface area contributed by atoms with Crippen LogP contribution in [0.2, 0.25) is 0 Å². The van der Waals surface area contributed by atoms with Crippen molar-refractivity contribution >= 4 is 0 Å². The normalized spacial score (nSPS) is 9.22.